The average molecular weight is 393 g/mol. The van der Waals surface area contributed by atoms with Crippen molar-refractivity contribution in [3.05, 3.63) is 74.9 Å². The monoisotopic (exact) mass is 392 g/mol. The number of thioether (sulfide) groups is 1. The van der Waals surface area contributed by atoms with E-state index in [4.69, 9.17) is 11.6 Å². The van der Waals surface area contributed by atoms with E-state index in [0.717, 1.165) is 21.3 Å². The number of nitrogens with zero attached hydrogens (tertiary/aromatic N) is 1. The van der Waals surface area contributed by atoms with E-state index in [1.807, 2.05) is 19.1 Å². The predicted molar refractivity (Wildman–Crippen MR) is 102 cm³/mol. The Balaban J connectivity index is 1.60. The van der Waals surface area contributed by atoms with E-state index in [2.05, 4.69) is 15.7 Å². The molecule has 0 fully saturated rings. The molecular formula is C18H14ClFN2OS2. The predicted octanol–water partition coefficient (Wildman–Crippen LogP) is 5.79. The quantitative estimate of drug-likeness (QED) is 0.559. The molecule has 0 aliphatic rings. The maximum Gasteiger partial charge on any atom is 0.255 e. The van der Waals surface area contributed by atoms with E-state index in [-0.39, 0.29) is 10.9 Å². The second-order valence-electron chi connectivity index (χ2n) is 5.25. The number of thiazole rings is 1. The van der Waals surface area contributed by atoms with E-state index >= 15 is 0 Å². The number of amides is 1. The second kappa shape index (κ2) is 7.99. The molecule has 25 heavy (non-hydrogen) atoms. The van der Waals surface area contributed by atoms with E-state index in [1.54, 1.807) is 35.2 Å². The summed E-state index contributed by atoms with van der Waals surface area (Å²) in [6.45, 7) is 1.99. The van der Waals surface area contributed by atoms with Gasteiger partial charge in [-0.2, -0.15) is 0 Å². The third-order valence-electron chi connectivity index (χ3n) is 3.35. The molecular weight excluding hydrogens is 379 g/mol. The number of benzene rings is 2. The topological polar surface area (TPSA) is 42.0 Å². The third-order valence-corrected chi connectivity index (χ3v) is 5.50. The van der Waals surface area contributed by atoms with Crippen LogP contribution in [0.1, 0.15) is 21.1 Å². The van der Waals surface area contributed by atoms with Crippen molar-refractivity contribution < 1.29 is 9.18 Å². The van der Waals surface area contributed by atoms with Crippen LogP contribution in [0.25, 0.3) is 0 Å². The SMILES string of the molecule is Cc1nc(CSc2ccc(C(=O)Nc3ccc(F)c(Cl)c3)cc2)cs1. The van der Waals surface area contributed by atoms with Crippen molar-refractivity contribution in [1.29, 1.82) is 0 Å². The van der Waals surface area contributed by atoms with Crippen molar-refractivity contribution in [3.8, 4) is 0 Å². The fraction of sp³-hybridized carbons (Fsp3) is 0.111. The molecule has 1 heterocycles. The maximum absolute atomic E-state index is 13.1. The Hall–Kier alpha value is -1.89. The highest BCUT2D eigenvalue weighted by Crippen LogP contribution is 2.24. The molecule has 0 atom stereocenters. The van der Waals surface area contributed by atoms with Gasteiger partial charge in [-0.3, -0.25) is 4.79 Å². The smallest absolute Gasteiger partial charge is 0.255 e. The molecule has 3 nitrogen and oxygen atoms in total. The summed E-state index contributed by atoms with van der Waals surface area (Å²) in [5.41, 5.74) is 2.03. The Kier molecular flexibility index (Phi) is 5.73. The van der Waals surface area contributed by atoms with Gasteiger partial charge in [0, 0.05) is 27.3 Å². The lowest BCUT2D eigenvalue weighted by atomic mass is 10.2. The summed E-state index contributed by atoms with van der Waals surface area (Å²) in [6, 6.07) is 11.4. The highest BCUT2D eigenvalue weighted by atomic mass is 35.5. The van der Waals surface area contributed by atoms with E-state index < -0.39 is 5.82 Å². The first-order valence-electron chi connectivity index (χ1n) is 7.41. The number of anilines is 1. The molecule has 0 aliphatic carbocycles. The van der Waals surface area contributed by atoms with Gasteiger partial charge < -0.3 is 5.32 Å². The minimum atomic E-state index is -0.517. The summed E-state index contributed by atoms with van der Waals surface area (Å²) in [5.74, 6) is 0.00921. The molecule has 1 amide bonds. The number of carbonyl (C=O) groups is 1. The van der Waals surface area contributed by atoms with E-state index in [0.29, 0.717) is 11.3 Å². The zero-order valence-electron chi connectivity index (χ0n) is 13.3. The van der Waals surface area contributed by atoms with Crippen LogP contribution < -0.4 is 5.32 Å². The van der Waals surface area contributed by atoms with Gasteiger partial charge in [-0.25, -0.2) is 9.37 Å². The Morgan fingerprint density at radius 1 is 1.28 bits per heavy atom. The summed E-state index contributed by atoms with van der Waals surface area (Å²) in [4.78, 5) is 17.7. The second-order valence-corrected chi connectivity index (χ2v) is 7.77. The molecule has 0 unspecified atom stereocenters. The van der Waals surface area contributed by atoms with Crippen molar-refractivity contribution in [2.75, 3.05) is 5.32 Å². The summed E-state index contributed by atoms with van der Waals surface area (Å²) in [7, 11) is 0. The van der Waals surface area contributed by atoms with Crippen molar-refractivity contribution in [2.45, 2.75) is 17.6 Å². The van der Waals surface area contributed by atoms with Crippen LogP contribution in [0.3, 0.4) is 0 Å². The number of hydrogen-bond acceptors (Lipinski definition) is 4. The first-order chi connectivity index (χ1) is 12.0. The summed E-state index contributed by atoms with van der Waals surface area (Å²) in [5, 5.41) is 5.79. The molecule has 128 valence electrons. The molecule has 0 bridgehead atoms. The molecule has 1 aromatic heterocycles. The number of halogens is 2. The minimum Gasteiger partial charge on any atom is -0.322 e. The van der Waals surface area contributed by atoms with Gasteiger partial charge in [0.2, 0.25) is 0 Å². The zero-order chi connectivity index (χ0) is 17.8. The van der Waals surface area contributed by atoms with Crippen molar-refractivity contribution in [3.63, 3.8) is 0 Å². The Labute approximate surface area is 158 Å². The number of hydrogen-bond donors (Lipinski definition) is 1. The van der Waals surface area contributed by atoms with Crippen molar-refractivity contribution in [1.82, 2.24) is 4.98 Å². The Morgan fingerprint density at radius 2 is 2.04 bits per heavy atom. The van der Waals surface area contributed by atoms with Gasteiger partial charge in [-0.1, -0.05) is 11.6 Å². The largest absolute Gasteiger partial charge is 0.322 e. The molecule has 0 saturated carbocycles. The van der Waals surface area contributed by atoms with Crippen LogP contribution in [0.15, 0.2) is 52.7 Å². The lowest BCUT2D eigenvalue weighted by Crippen LogP contribution is -2.11. The minimum absolute atomic E-state index is 0.0261. The number of aromatic nitrogens is 1. The first kappa shape index (κ1) is 17.9. The molecule has 3 rings (SSSR count). The van der Waals surface area contributed by atoms with Crippen molar-refractivity contribution >= 4 is 46.3 Å². The van der Waals surface area contributed by atoms with Crippen LogP contribution in [0.5, 0.6) is 0 Å². The number of carbonyl (C=O) groups excluding carboxylic acids is 1. The first-order valence-corrected chi connectivity index (χ1v) is 9.66. The van der Waals surface area contributed by atoms with Crippen LogP contribution in [0, 0.1) is 12.7 Å². The van der Waals surface area contributed by atoms with Gasteiger partial charge in [-0.05, 0) is 49.4 Å². The Bertz CT molecular complexity index is 896. The van der Waals surface area contributed by atoms with E-state index in [1.165, 1.54) is 18.2 Å². The molecule has 2 aromatic carbocycles. The normalized spacial score (nSPS) is 10.7. The van der Waals surface area contributed by atoms with Gasteiger partial charge in [0.05, 0.1) is 15.7 Å². The van der Waals surface area contributed by atoms with Crippen LogP contribution in [-0.2, 0) is 5.75 Å². The molecule has 0 spiro atoms. The molecule has 0 saturated heterocycles. The summed E-state index contributed by atoms with van der Waals surface area (Å²) in [6.07, 6.45) is 0. The fourth-order valence-corrected chi connectivity index (χ4v) is 3.80. The van der Waals surface area contributed by atoms with Gasteiger partial charge in [0.15, 0.2) is 0 Å². The lowest BCUT2D eigenvalue weighted by Gasteiger charge is -2.07. The molecule has 1 N–H and O–H groups in total. The van der Waals surface area contributed by atoms with Gasteiger partial charge in [0.1, 0.15) is 5.82 Å². The van der Waals surface area contributed by atoms with Crippen LogP contribution in [-0.4, -0.2) is 10.9 Å². The van der Waals surface area contributed by atoms with Gasteiger partial charge >= 0.3 is 0 Å². The zero-order valence-corrected chi connectivity index (χ0v) is 15.6. The summed E-state index contributed by atoms with van der Waals surface area (Å²) < 4.78 is 13.1. The van der Waals surface area contributed by atoms with Gasteiger partial charge in [-0.15, -0.1) is 23.1 Å². The van der Waals surface area contributed by atoms with Crippen molar-refractivity contribution in [2.24, 2.45) is 0 Å². The standard InChI is InChI=1S/C18H14ClFN2OS2/c1-11-21-14(9-24-11)10-25-15-5-2-12(3-6-15)18(23)22-13-4-7-17(20)16(19)8-13/h2-9H,10H2,1H3,(H,22,23). The van der Waals surface area contributed by atoms with E-state index in [9.17, 15) is 9.18 Å². The van der Waals surface area contributed by atoms with Crippen LogP contribution >= 0.6 is 34.7 Å². The molecule has 0 radical (unpaired) electrons. The van der Waals surface area contributed by atoms with Gasteiger partial charge in [0.25, 0.3) is 5.91 Å². The highest BCUT2D eigenvalue weighted by Gasteiger charge is 2.08. The van der Waals surface area contributed by atoms with Crippen LogP contribution in [0.2, 0.25) is 5.02 Å². The summed E-state index contributed by atoms with van der Waals surface area (Å²) >= 11 is 9.02. The number of rotatable bonds is 5. The number of nitrogens with one attached hydrogen (secondary N) is 1. The number of aryl methyl sites for hydroxylation is 1. The van der Waals surface area contributed by atoms with Crippen LogP contribution in [0.4, 0.5) is 10.1 Å². The molecule has 0 aliphatic heterocycles. The lowest BCUT2D eigenvalue weighted by molar-refractivity contribution is 0.102. The third kappa shape index (κ3) is 4.81. The Morgan fingerprint density at radius 3 is 2.68 bits per heavy atom. The molecule has 7 heteroatoms. The maximum atomic E-state index is 13.1. The highest BCUT2D eigenvalue weighted by molar-refractivity contribution is 7.98. The molecule has 3 aromatic rings. The fourth-order valence-electron chi connectivity index (χ4n) is 2.11. The average Bonchev–Trinajstić information content (AvgIpc) is 3.02.